The first-order valence-electron chi connectivity index (χ1n) is 10.4. The Morgan fingerprint density at radius 3 is 2.23 bits per heavy atom. The molecule has 0 unspecified atom stereocenters. The SMILES string of the molecule is CCN(CC)c1cc(C)nc(Nc2ccc(NC(=O)Cc3ccc(OC)cc3)cc2)n1. The summed E-state index contributed by atoms with van der Waals surface area (Å²) < 4.78 is 5.14. The van der Waals surface area contributed by atoms with Crippen LogP contribution in [0.5, 0.6) is 5.75 Å². The molecule has 2 aromatic carbocycles. The van der Waals surface area contributed by atoms with E-state index in [4.69, 9.17) is 4.74 Å². The topological polar surface area (TPSA) is 79.4 Å². The van der Waals surface area contributed by atoms with Gasteiger partial charge in [0.15, 0.2) is 0 Å². The second-order valence-corrected chi connectivity index (χ2v) is 7.14. The molecular formula is C24H29N5O2. The summed E-state index contributed by atoms with van der Waals surface area (Å²) in [6.07, 6.45) is 0.301. The van der Waals surface area contributed by atoms with Crippen molar-refractivity contribution in [1.29, 1.82) is 0 Å². The normalized spacial score (nSPS) is 10.5. The van der Waals surface area contributed by atoms with Gasteiger partial charge in [-0.25, -0.2) is 4.98 Å². The van der Waals surface area contributed by atoms with Gasteiger partial charge >= 0.3 is 0 Å². The minimum absolute atomic E-state index is 0.0724. The van der Waals surface area contributed by atoms with Crippen LogP contribution in [0.1, 0.15) is 25.1 Å². The molecule has 3 aromatic rings. The number of benzene rings is 2. The third-order valence-electron chi connectivity index (χ3n) is 4.88. The summed E-state index contributed by atoms with van der Waals surface area (Å²) in [6.45, 7) is 7.95. The minimum atomic E-state index is -0.0724. The number of aromatic nitrogens is 2. The van der Waals surface area contributed by atoms with Crippen LogP contribution < -0.4 is 20.3 Å². The fourth-order valence-electron chi connectivity index (χ4n) is 3.22. The van der Waals surface area contributed by atoms with E-state index in [2.05, 4.69) is 39.3 Å². The second-order valence-electron chi connectivity index (χ2n) is 7.14. The summed E-state index contributed by atoms with van der Waals surface area (Å²) in [5.41, 5.74) is 3.42. The molecule has 0 saturated heterocycles. The first-order chi connectivity index (χ1) is 15.0. The van der Waals surface area contributed by atoms with Gasteiger partial charge < -0.3 is 20.3 Å². The maximum Gasteiger partial charge on any atom is 0.229 e. The van der Waals surface area contributed by atoms with Crippen LogP contribution >= 0.6 is 0 Å². The van der Waals surface area contributed by atoms with Crippen molar-refractivity contribution >= 4 is 29.0 Å². The Bertz CT molecular complexity index is 999. The summed E-state index contributed by atoms with van der Waals surface area (Å²) in [7, 11) is 1.62. The molecule has 0 aliphatic rings. The smallest absolute Gasteiger partial charge is 0.229 e. The van der Waals surface area contributed by atoms with Gasteiger partial charge in [-0.3, -0.25) is 4.79 Å². The predicted molar refractivity (Wildman–Crippen MR) is 125 cm³/mol. The van der Waals surface area contributed by atoms with E-state index < -0.39 is 0 Å². The van der Waals surface area contributed by atoms with Gasteiger partial charge in [-0.05, 0) is 62.7 Å². The van der Waals surface area contributed by atoms with Crippen molar-refractivity contribution in [2.45, 2.75) is 27.2 Å². The van der Waals surface area contributed by atoms with Gasteiger partial charge in [0.2, 0.25) is 11.9 Å². The number of nitrogens with one attached hydrogen (secondary N) is 2. The number of methoxy groups -OCH3 is 1. The maximum absolute atomic E-state index is 12.3. The van der Waals surface area contributed by atoms with Crippen molar-refractivity contribution < 1.29 is 9.53 Å². The lowest BCUT2D eigenvalue weighted by Crippen LogP contribution is -2.23. The number of anilines is 4. The molecule has 1 amide bonds. The van der Waals surface area contributed by atoms with E-state index in [1.165, 1.54) is 0 Å². The lowest BCUT2D eigenvalue weighted by molar-refractivity contribution is -0.115. The van der Waals surface area contributed by atoms with E-state index in [9.17, 15) is 4.79 Å². The van der Waals surface area contributed by atoms with Crippen LogP contribution in [0.15, 0.2) is 54.6 Å². The van der Waals surface area contributed by atoms with Crippen molar-refractivity contribution in [2.24, 2.45) is 0 Å². The van der Waals surface area contributed by atoms with Gasteiger partial charge in [-0.15, -0.1) is 0 Å². The molecule has 31 heavy (non-hydrogen) atoms. The molecule has 7 nitrogen and oxygen atoms in total. The fourth-order valence-corrected chi connectivity index (χ4v) is 3.22. The van der Waals surface area contributed by atoms with E-state index in [1.54, 1.807) is 7.11 Å². The zero-order valence-corrected chi connectivity index (χ0v) is 18.5. The highest BCUT2D eigenvalue weighted by atomic mass is 16.5. The lowest BCUT2D eigenvalue weighted by Gasteiger charge is -2.20. The summed E-state index contributed by atoms with van der Waals surface area (Å²) in [4.78, 5) is 23.6. The molecule has 1 aromatic heterocycles. The third kappa shape index (κ3) is 6.18. The van der Waals surface area contributed by atoms with E-state index in [0.29, 0.717) is 12.4 Å². The van der Waals surface area contributed by atoms with Crippen molar-refractivity contribution in [3.8, 4) is 5.75 Å². The summed E-state index contributed by atoms with van der Waals surface area (Å²) in [6, 6.07) is 17.0. The van der Waals surface area contributed by atoms with E-state index in [0.717, 1.165) is 47.3 Å². The van der Waals surface area contributed by atoms with Crippen molar-refractivity contribution in [2.75, 3.05) is 35.7 Å². The van der Waals surface area contributed by atoms with Crippen molar-refractivity contribution in [3.05, 3.63) is 65.9 Å². The molecule has 0 aliphatic heterocycles. The largest absolute Gasteiger partial charge is 0.497 e. The number of hydrogen-bond acceptors (Lipinski definition) is 6. The number of ether oxygens (including phenoxy) is 1. The Labute approximate surface area is 183 Å². The number of carbonyl (C=O) groups is 1. The Hall–Kier alpha value is -3.61. The van der Waals surface area contributed by atoms with E-state index in [-0.39, 0.29) is 5.91 Å². The van der Waals surface area contributed by atoms with Crippen LogP contribution in [-0.2, 0) is 11.2 Å². The van der Waals surface area contributed by atoms with E-state index >= 15 is 0 Å². The van der Waals surface area contributed by atoms with Gasteiger partial charge in [0.25, 0.3) is 0 Å². The molecule has 0 fully saturated rings. The number of nitrogens with zero attached hydrogens (tertiary/aromatic N) is 3. The quantitative estimate of drug-likeness (QED) is 0.529. The van der Waals surface area contributed by atoms with Gasteiger partial charge in [0.05, 0.1) is 13.5 Å². The van der Waals surface area contributed by atoms with Crippen LogP contribution in [0.2, 0.25) is 0 Å². The summed E-state index contributed by atoms with van der Waals surface area (Å²) >= 11 is 0. The Balaban J connectivity index is 1.61. The summed E-state index contributed by atoms with van der Waals surface area (Å²) in [5, 5.41) is 6.17. The van der Waals surface area contributed by atoms with E-state index in [1.807, 2.05) is 61.5 Å². The van der Waals surface area contributed by atoms with Crippen LogP contribution in [-0.4, -0.2) is 36.1 Å². The van der Waals surface area contributed by atoms with Crippen molar-refractivity contribution in [3.63, 3.8) is 0 Å². The average molecular weight is 420 g/mol. The Morgan fingerprint density at radius 1 is 0.968 bits per heavy atom. The predicted octanol–water partition coefficient (Wildman–Crippen LogP) is 4.56. The monoisotopic (exact) mass is 419 g/mol. The molecule has 7 heteroatoms. The highest BCUT2D eigenvalue weighted by molar-refractivity contribution is 5.92. The first-order valence-corrected chi connectivity index (χ1v) is 10.4. The highest BCUT2D eigenvalue weighted by Gasteiger charge is 2.09. The van der Waals surface area contributed by atoms with Gasteiger partial charge in [-0.1, -0.05) is 12.1 Å². The van der Waals surface area contributed by atoms with Gasteiger partial charge in [-0.2, -0.15) is 4.98 Å². The standard InChI is InChI=1S/C24H29N5O2/c1-5-29(6-2)22-15-17(3)25-24(28-22)27-20-11-9-19(10-12-20)26-23(30)16-18-7-13-21(31-4)14-8-18/h7-15H,5-6,16H2,1-4H3,(H,26,30)(H,25,27,28). The Kier molecular flexibility index (Phi) is 7.43. The number of aryl methyl sites for hydroxylation is 1. The molecule has 1 heterocycles. The zero-order chi connectivity index (χ0) is 22.2. The molecule has 0 saturated carbocycles. The van der Waals surface area contributed by atoms with Crippen molar-refractivity contribution in [1.82, 2.24) is 9.97 Å². The highest BCUT2D eigenvalue weighted by Crippen LogP contribution is 2.20. The van der Waals surface area contributed by atoms with Crippen LogP contribution in [0.25, 0.3) is 0 Å². The maximum atomic E-state index is 12.3. The molecule has 162 valence electrons. The zero-order valence-electron chi connectivity index (χ0n) is 18.5. The second kappa shape index (κ2) is 10.4. The van der Waals surface area contributed by atoms with Crippen LogP contribution in [0, 0.1) is 6.92 Å². The average Bonchev–Trinajstić information content (AvgIpc) is 2.76. The molecule has 2 N–H and O–H groups in total. The van der Waals surface area contributed by atoms with Gasteiger partial charge in [0, 0.05) is 36.2 Å². The molecular weight excluding hydrogens is 390 g/mol. The number of amides is 1. The number of carbonyl (C=O) groups excluding carboxylic acids is 1. The summed E-state index contributed by atoms with van der Waals surface area (Å²) in [5.74, 6) is 2.16. The molecule has 0 spiro atoms. The van der Waals surface area contributed by atoms with Crippen LogP contribution in [0.4, 0.5) is 23.1 Å². The molecule has 0 bridgehead atoms. The number of hydrogen-bond donors (Lipinski definition) is 2. The lowest BCUT2D eigenvalue weighted by atomic mass is 10.1. The van der Waals surface area contributed by atoms with Gasteiger partial charge in [0.1, 0.15) is 11.6 Å². The first kappa shape index (κ1) is 22.1. The molecule has 0 radical (unpaired) electrons. The Morgan fingerprint density at radius 2 is 1.61 bits per heavy atom. The third-order valence-corrected chi connectivity index (χ3v) is 4.88. The number of rotatable bonds is 9. The molecule has 0 atom stereocenters. The molecule has 0 aliphatic carbocycles. The fraction of sp³-hybridized carbons (Fsp3) is 0.292. The van der Waals surface area contributed by atoms with Crippen LogP contribution in [0.3, 0.4) is 0 Å². The molecule has 3 rings (SSSR count). The minimum Gasteiger partial charge on any atom is -0.497 e.